The van der Waals surface area contributed by atoms with Crippen molar-refractivity contribution in [2.45, 2.75) is 64.5 Å². The number of aromatic nitrogens is 3. The molecule has 2 fully saturated rings. The van der Waals surface area contributed by atoms with Crippen molar-refractivity contribution in [3.05, 3.63) is 38.9 Å². The van der Waals surface area contributed by atoms with Crippen LogP contribution in [-0.4, -0.2) is 88.3 Å². The Balaban J connectivity index is 1.39. The predicted molar refractivity (Wildman–Crippen MR) is 154 cm³/mol. The molecule has 0 saturated carbocycles. The molecule has 1 atom stereocenters. The van der Waals surface area contributed by atoms with Crippen LogP contribution >= 0.6 is 11.6 Å². The van der Waals surface area contributed by atoms with Gasteiger partial charge >= 0.3 is 0 Å². The fourth-order valence-corrected chi connectivity index (χ4v) is 5.82. The number of rotatable bonds is 10. The summed E-state index contributed by atoms with van der Waals surface area (Å²) in [5.74, 6) is 1.05. The van der Waals surface area contributed by atoms with E-state index in [0.717, 1.165) is 64.7 Å². The number of nitrogen functional groups attached to an aromatic ring is 1. The number of nitrogens with two attached hydrogens (primary N) is 1. The lowest BCUT2D eigenvalue weighted by molar-refractivity contribution is 0.0491. The van der Waals surface area contributed by atoms with E-state index in [1.807, 2.05) is 4.90 Å². The molecule has 11 nitrogen and oxygen atoms in total. The van der Waals surface area contributed by atoms with Gasteiger partial charge in [-0.1, -0.05) is 38.3 Å². The van der Waals surface area contributed by atoms with Gasteiger partial charge < -0.3 is 25.8 Å². The highest BCUT2D eigenvalue weighted by Gasteiger charge is 2.35. The van der Waals surface area contributed by atoms with E-state index in [1.165, 1.54) is 12.1 Å². The Kier molecular flexibility index (Phi) is 9.79. The highest BCUT2D eigenvalue weighted by molar-refractivity contribution is 6.32. The van der Waals surface area contributed by atoms with E-state index in [0.29, 0.717) is 48.7 Å². The van der Waals surface area contributed by atoms with E-state index < -0.39 is 0 Å². The summed E-state index contributed by atoms with van der Waals surface area (Å²) in [5, 5.41) is 3.51. The summed E-state index contributed by atoms with van der Waals surface area (Å²) in [6, 6.07) is 3.49. The maximum absolute atomic E-state index is 13.0. The van der Waals surface area contributed by atoms with E-state index in [1.54, 1.807) is 0 Å². The van der Waals surface area contributed by atoms with Crippen LogP contribution in [0.15, 0.2) is 16.9 Å². The molecule has 0 bridgehead atoms. The molecule has 2 aromatic heterocycles. The maximum atomic E-state index is 13.0. The monoisotopic (exact) mass is 558 g/mol. The first-order chi connectivity index (χ1) is 18.9. The van der Waals surface area contributed by atoms with Crippen LogP contribution in [0, 0.1) is 0 Å². The number of nitrogens with zero attached hydrogens (tertiary/aromatic N) is 5. The zero-order valence-corrected chi connectivity index (χ0v) is 23.5. The summed E-state index contributed by atoms with van der Waals surface area (Å²) in [4.78, 5) is 54.1. The number of hydrogen-bond donors (Lipinski definition) is 3. The Morgan fingerprint density at radius 1 is 1.18 bits per heavy atom. The summed E-state index contributed by atoms with van der Waals surface area (Å²) >= 11 is 6.51. The van der Waals surface area contributed by atoms with E-state index in [-0.39, 0.29) is 28.1 Å². The van der Waals surface area contributed by atoms with Gasteiger partial charge in [0.1, 0.15) is 11.5 Å². The molecule has 212 valence electrons. The number of likely N-dealkylation sites (tertiary alicyclic amines) is 1. The lowest BCUT2D eigenvalue weighted by atomic mass is 9.97. The molecule has 39 heavy (non-hydrogen) atoms. The molecule has 0 spiro atoms. The fraction of sp³-hybridized carbons (Fsp3) is 0.593. The molecule has 0 aliphatic carbocycles. The topological polar surface area (TPSA) is 141 Å². The van der Waals surface area contributed by atoms with E-state index in [9.17, 15) is 14.4 Å². The number of piperazine rings is 1. The number of anilines is 3. The molecule has 4 rings (SSSR count). The van der Waals surface area contributed by atoms with Gasteiger partial charge in [-0.3, -0.25) is 19.3 Å². The Labute approximate surface area is 234 Å². The number of aromatic amines is 1. The number of amides is 1. The summed E-state index contributed by atoms with van der Waals surface area (Å²) < 4.78 is 0. The van der Waals surface area contributed by atoms with Gasteiger partial charge in [-0.15, -0.1) is 0 Å². The number of carbonyl (C=O) groups excluding carboxylic acids is 2. The van der Waals surface area contributed by atoms with Crippen molar-refractivity contribution in [2.75, 3.05) is 55.2 Å². The molecule has 2 aliphatic rings. The highest BCUT2D eigenvalue weighted by Crippen LogP contribution is 2.30. The lowest BCUT2D eigenvalue weighted by Gasteiger charge is -2.47. The molecule has 2 saturated heterocycles. The zero-order valence-electron chi connectivity index (χ0n) is 22.8. The first-order valence-electron chi connectivity index (χ1n) is 13.9. The molecule has 1 unspecified atom stereocenters. The second kappa shape index (κ2) is 13.3. The smallest absolute Gasteiger partial charge is 0.257 e. The Morgan fingerprint density at radius 3 is 2.62 bits per heavy atom. The van der Waals surface area contributed by atoms with E-state index in [4.69, 9.17) is 22.3 Å². The molecule has 1 amide bonds. The molecule has 0 aromatic carbocycles. The standard InChI is InChI=1S/C27H39ClN8O3/c1-3-5-6-11-30-25-21(17-37)31-23(28)26(33-25)35-14-15-36(18(4-2)16-35)19-9-12-34(13-10-19)27(39)20-7-8-22(38)32-24(20)29/h7-8,17-19H,3-6,9-16H2,1-2H3,(H,30,33)(H3,29,32,38). The van der Waals surface area contributed by atoms with E-state index in [2.05, 4.69) is 38.9 Å². The third kappa shape index (κ3) is 6.70. The number of H-pyrrole nitrogens is 1. The summed E-state index contributed by atoms with van der Waals surface area (Å²) in [6.45, 7) is 8.67. The van der Waals surface area contributed by atoms with Crippen molar-refractivity contribution >= 4 is 41.2 Å². The van der Waals surface area contributed by atoms with Gasteiger partial charge in [0, 0.05) is 57.4 Å². The molecule has 4 heterocycles. The van der Waals surface area contributed by atoms with Crippen LogP contribution in [0.3, 0.4) is 0 Å². The lowest BCUT2D eigenvalue weighted by Crippen LogP contribution is -2.58. The van der Waals surface area contributed by atoms with Crippen molar-refractivity contribution in [3.63, 3.8) is 0 Å². The van der Waals surface area contributed by atoms with Gasteiger partial charge in [0.05, 0.1) is 5.56 Å². The summed E-state index contributed by atoms with van der Waals surface area (Å²) in [5.41, 5.74) is 6.14. The van der Waals surface area contributed by atoms with Gasteiger partial charge in [0.15, 0.2) is 23.1 Å². The molecule has 0 radical (unpaired) electrons. The fourth-order valence-electron chi connectivity index (χ4n) is 5.57. The zero-order chi connectivity index (χ0) is 27.9. The number of piperidine rings is 1. The number of hydrogen-bond acceptors (Lipinski definition) is 9. The Morgan fingerprint density at radius 2 is 1.95 bits per heavy atom. The molecule has 2 aliphatic heterocycles. The molecule has 2 aromatic rings. The summed E-state index contributed by atoms with van der Waals surface area (Å²) in [6.07, 6.45) is 6.60. The molecule has 12 heteroatoms. The highest BCUT2D eigenvalue weighted by atomic mass is 35.5. The number of unbranched alkanes of at least 4 members (excludes halogenated alkanes) is 2. The predicted octanol–water partition coefficient (Wildman–Crippen LogP) is 3.02. The van der Waals surface area contributed by atoms with Crippen molar-refractivity contribution < 1.29 is 9.59 Å². The van der Waals surface area contributed by atoms with Crippen LogP contribution in [-0.2, 0) is 0 Å². The average molecular weight is 559 g/mol. The largest absolute Gasteiger partial charge is 0.385 e. The van der Waals surface area contributed by atoms with E-state index >= 15 is 0 Å². The minimum absolute atomic E-state index is 0.110. The quantitative estimate of drug-likeness (QED) is 0.296. The van der Waals surface area contributed by atoms with Crippen LogP contribution in [0.5, 0.6) is 0 Å². The normalized spacial score (nSPS) is 18.8. The van der Waals surface area contributed by atoms with Crippen molar-refractivity contribution in [1.82, 2.24) is 24.8 Å². The first-order valence-corrected chi connectivity index (χ1v) is 14.3. The van der Waals surface area contributed by atoms with Crippen LogP contribution < -0.4 is 21.5 Å². The Hall–Kier alpha value is -3.18. The first kappa shape index (κ1) is 28.8. The molecule has 4 N–H and O–H groups in total. The van der Waals surface area contributed by atoms with Gasteiger partial charge in [0.25, 0.3) is 5.91 Å². The molecular weight excluding hydrogens is 520 g/mol. The van der Waals surface area contributed by atoms with Crippen molar-refractivity contribution in [1.29, 1.82) is 0 Å². The van der Waals surface area contributed by atoms with Crippen molar-refractivity contribution in [2.24, 2.45) is 0 Å². The number of aldehydes is 1. The SMILES string of the molecule is CCCCCNc1nc(N2CCN(C3CCN(C(=O)c4ccc(=O)[nH]c4N)CC3)C(CC)C2)c(Cl)nc1C=O. The minimum Gasteiger partial charge on any atom is -0.385 e. The second-order valence-corrected chi connectivity index (χ2v) is 10.6. The Bertz CT molecular complexity index is 1210. The third-order valence-electron chi connectivity index (χ3n) is 7.75. The van der Waals surface area contributed by atoms with Crippen LogP contribution in [0.2, 0.25) is 5.15 Å². The maximum Gasteiger partial charge on any atom is 0.257 e. The van der Waals surface area contributed by atoms with Crippen molar-refractivity contribution in [3.8, 4) is 0 Å². The second-order valence-electron chi connectivity index (χ2n) is 10.2. The van der Waals surface area contributed by atoms with Gasteiger partial charge in [-0.05, 0) is 31.7 Å². The number of pyridine rings is 1. The molecular formula is C27H39ClN8O3. The number of carbonyl (C=O) groups is 2. The number of halogens is 1. The van der Waals surface area contributed by atoms with Crippen LogP contribution in [0.4, 0.5) is 17.5 Å². The summed E-state index contributed by atoms with van der Waals surface area (Å²) in [7, 11) is 0. The number of nitrogens with one attached hydrogen (secondary N) is 2. The van der Waals surface area contributed by atoms with Crippen LogP contribution in [0.1, 0.15) is 73.2 Å². The average Bonchev–Trinajstić information content (AvgIpc) is 2.95. The van der Waals surface area contributed by atoms with Gasteiger partial charge in [-0.25, -0.2) is 9.97 Å². The van der Waals surface area contributed by atoms with Gasteiger partial charge in [0.2, 0.25) is 5.56 Å². The third-order valence-corrected chi connectivity index (χ3v) is 8.00. The van der Waals surface area contributed by atoms with Crippen LogP contribution in [0.25, 0.3) is 0 Å². The van der Waals surface area contributed by atoms with Gasteiger partial charge in [-0.2, -0.15) is 0 Å². The minimum atomic E-state index is -0.320.